The van der Waals surface area contributed by atoms with Gasteiger partial charge in [-0.3, -0.25) is 0 Å². The number of aromatic nitrogens is 2. The Bertz CT molecular complexity index is 689. The van der Waals surface area contributed by atoms with E-state index in [1.807, 2.05) is 36.6 Å². The Kier molecular flexibility index (Phi) is 5.47. The minimum absolute atomic E-state index is 0.206. The van der Waals surface area contributed by atoms with Gasteiger partial charge in [0.2, 0.25) is 0 Å². The van der Waals surface area contributed by atoms with E-state index in [0.29, 0.717) is 10.9 Å². The van der Waals surface area contributed by atoms with E-state index in [4.69, 9.17) is 4.74 Å². The van der Waals surface area contributed by atoms with Gasteiger partial charge in [-0.25, -0.2) is 20.0 Å². The third kappa shape index (κ3) is 3.75. The molecule has 8 nitrogen and oxygen atoms in total. The first-order valence-corrected chi connectivity index (χ1v) is 7.75. The van der Waals surface area contributed by atoms with Crippen LogP contribution in [0.4, 0.5) is 15.4 Å². The highest BCUT2D eigenvalue weighted by Crippen LogP contribution is 2.30. The second-order valence-corrected chi connectivity index (χ2v) is 5.01. The summed E-state index contributed by atoms with van der Waals surface area (Å²) in [4.78, 5) is 31.0. The standard InChI is InChI=1S/C14H16N4O4S/c1-21-13(19)17-18(14(20)22-2)11-10(15-12(16-11)23-3)9-7-5-4-6-8-9/h4-8H,1-3H3,(H,15,16)(H,17,19). The molecule has 0 saturated heterocycles. The molecule has 2 aromatic rings. The molecule has 0 unspecified atom stereocenters. The number of carbonyl (C=O) groups excluding carboxylic acids is 2. The first kappa shape index (κ1) is 16.7. The van der Waals surface area contributed by atoms with E-state index < -0.39 is 12.2 Å². The number of anilines is 1. The number of thioether (sulfide) groups is 1. The minimum atomic E-state index is -0.817. The van der Waals surface area contributed by atoms with Gasteiger partial charge < -0.3 is 14.5 Å². The fourth-order valence-electron chi connectivity index (χ4n) is 1.82. The number of nitrogens with one attached hydrogen (secondary N) is 2. The van der Waals surface area contributed by atoms with Crippen molar-refractivity contribution in [3.63, 3.8) is 0 Å². The molecular weight excluding hydrogens is 320 g/mol. The summed E-state index contributed by atoms with van der Waals surface area (Å²) in [5.41, 5.74) is 3.66. The van der Waals surface area contributed by atoms with E-state index in [9.17, 15) is 9.59 Å². The number of aromatic amines is 1. The van der Waals surface area contributed by atoms with E-state index in [1.165, 1.54) is 26.0 Å². The fraction of sp³-hybridized carbons (Fsp3) is 0.214. The molecule has 0 fully saturated rings. The number of benzene rings is 1. The zero-order chi connectivity index (χ0) is 16.8. The van der Waals surface area contributed by atoms with Crippen LogP contribution in [0, 0.1) is 0 Å². The predicted octanol–water partition coefficient (Wildman–Crippen LogP) is 2.64. The summed E-state index contributed by atoms with van der Waals surface area (Å²) in [6, 6.07) is 9.30. The molecule has 2 N–H and O–H groups in total. The Labute approximate surface area is 137 Å². The highest BCUT2D eigenvalue weighted by atomic mass is 32.2. The van der Waals surface area contributed by atoms with Gasteiger partial charge >= 0.3 is 12.2 Å². The molecule has 0 radical (unpaired) electrons. The minimum Gasteiger partial charge on any atom is -0.452 e. The van der Waals surface area contributed by atoms with Crippen molar-refractivity contribution in [2.45, 2.75) is 5.16 Å². The largest absolute Gasteiger partial charge is 0.452 e. The van der Waals surface area contributed by atoms with E-state index in [0.717, 1.165) is 10.6 Å². The Hall–Kier alpha value is -2.68. The van der Waals surface area contributed by atoms with Crippen molar-refractivity contribution in [1.82, 2.24) is 15.4 Å². The number of hydrogen-bond donors (Lipinski definition) is 2. The Balaban J connectivity index is 2.51. The van der Waals surface area contributed by atoms with E-state index in [1.54, 1.807) is 0 Å². The molecule has 9 heteroatoms. The molecule has 2 rings (SSSR count). The third-order valence-electron chi connectivity index (χ3n) is 2.88. The predicted molar refractivity (Wildman–Crippen MR) is 86.2 cm³/mol. The van der Waals surface area contributed by atoms with Gasteiger partial charge in [-0.15, -0.1) is 0 Å². The van der Waals surface area contributed by atoms with Crippen LogP contribution in [-0.2, 0) is 9.47 Å². The lowest BCUT2D eigenvalue weighted by atomic mass is 10.1. The first-order valence-electron chi connectivity index (χ1n) is 6.52. The summed E-state index contributed by atoms with van der Waals surface area (Å²) in [5.74, 6) is 0.206. The van der Waals surface area contributed by atoms with Crippen LogP contribution in [0.5, 0.6) is 0 Å². The maximum absolute atomic E-state index is 12.0. The van der Waals surface area contributed by atoms with Crippen LogP contribution in [0.3, 0.4) is 0 Å². The summed E-state index contributed by atoms with van der Waals surface area (Å²) in [5, 5.41) is 1.48. The van der Waals surface area contributed by atoms with Crippen LogP contribution in [0.15, 0.2) is 35.5 Å². The Morgan fingerprint density at radius 2 is 1.91 bits per heavy atom. The molecule has 0 aliphatic carbocycles. The molecular formula is C14H16N4O4S. The molecule has 2 amide bonds. The SMILES string of the molecule is COC(=O)NN(C(=O)OC)c1nc(SC)[nH]c1-c1ccccc1. The molecule has 1 aromatic carbocycles. The van der Waals surface area contributed by atoms with Crippen LogP contribution in [-0.4, -0.2) is 42.6 Å². The lowest BCUT2D eigenvalue weighted by Crippen LogP contribution is -2.47. The van der Waals surface area contributed by atoms with Crippen molar-refractivity contribution in [3.05, 3.63) is 30.3 Å². The van der Waals surface area contributed by atoms with Crippen molar-refractivity contribution in [3.8, 4) is 11.3 Å². The van der Waals surface area contributed by atoms with Crippen molar-refractivity contribution in [1.29, 1.82) is 0 Å². The molecule has 0 saturated carbocycles. The number of carbonyl (C=O) groups is 2. The van der Waals surface area contributed by atoms with Crippen molar-refractivity contribution in [2.24, 2.45) is 0 Å². The lowest BCUT2D eigenvalue weighted by molar-refractivity contribution is 0.157. The zero-order valence-electron chi connectivity index (χ0n) is 12.8. The normalized spacial score (nSPS) is 10.0. The second-order valence-electron chi connectivity index (χ2n) is 4.22. The van der Waals surface area contributed by atoms with E-state index >= 15 is 0 Å². The molecule has 1 heterocycles. The topological polar surface area (TPSA) is 96.6 Å². The molecule has 0 spiro atoms. The molecule has 0 bridgehead atoms. The summed E-state index contributed by atoms with van der Waals surface area (Å²) < 4.78 is 9.23. The summed E-state index contributed by atoms with van der Waals surface area (Å²) in [6.07, 6.45) is 0.225. The summed E-state index contributed by atoms with van der Waals surface area (Å²) in [7, 11) is 2.40. The van der Waals surface area contributed by atoms with Gasteiger partial charge in [-0.1, -0.05) is 42.1 Å². The highest BCUT2D eigenvalue weighted by molar-refractivity contribution is 7.98. The fourth-order valence-corrected chi connectivity index (χ4v) is 2.20. The van der Waals surface area contributed by atoms with Gasteiger partial charge in [-0.2, -0.15) is 5.01 Å². The van der Waals surface area contributed by atoms with Gasteiger partial charge in [0.25, 0.3) is 0 Å². The smallest absolute Gasteiger partial charge is 0.434 e. The zero-order valence-corrected chi connectivity index (χ0v) is 13.6. The quantitative estimate of drug-likeness (QED) is 0.661. The van der Waals surface area contributed by atoms with Crippen LogP contribution in [0.25, 0.3) is 11.3 Å². The van der Waals surface area contributed by atoms with Crippen LogP contribution >= 0.6 is 11.8 Å². The van der Waals surface area contributed by atoms with Crippen LogP contribution in [0.1, 0.15) is 0 Å². The van der Waals surface area contributed by atoms with Crippen molar-refractivity contribution < 1.29 is 19.1 Å². The number of ether oxygens (including phenoxy) is 2. The Morgan fingerprint density at radius 3 is 2.48 bits per heavy atom. The second kappa shape index (κ2) is 7.54. The van der Waals surface area contributed by atoms with Gasteiger partial charge in [-0.05, 0) is 6.26 Å². The van der Waals surface area contributed by atoms with Crippen LogP contribution in [0.2, 0.25) is 0 Å². The van der Waals surface area contributed by atoms with Gasteiger partial charge in [0, 0.05) is 5.56 Å². The summed E-state index contributed by atoms with van der Waals surface area (Å²) >= 11 is 1.37. The monoisotopic (exact) mass is 336 g/mol. The average molecular weight is 336 g/mol. The lowest BCUT2D eigenvalue weighted by Gasteiger charge is -2.19. The number of nitrogens with zero attached hydrogens (tertiary/aromatic N) is 2. The Morgan fingerprint density at radius 1 is 1.22 bits per heavy atom. The van der Waals surface area contributed by atoms with Gasteiger partial charge in [0.05, 0.1) is 19.9 Å². The summed E-state index contributed by atoms with van der Waals surface area (Å²) in [6.45, 7) is 0. The number of H-pyrrole nitrogens is 1. The first-order chi connectivity index (χ1) is 11.1. The number of imidazole rings is 1. The molecule has 0 aliphatic rings. The van der Waals surface area contributed by atoms with Gasteiger partial charge in [0.15, 0.2) is 11.0 Å². The molecule has 1 aromatic heterocycles. The maximum atomic E-state index is 12.0. The number of methoxy groups -OCH3 is 2. The number of hydrogen-bond acceptors (Lipinski definition) is 6. The highest BCUT2D eigenvalue weighted by Gasteiger charge is 2.26. The van der Waals surface area contributed by atoms with Crippen molar-refractivity contribution >= 4 is 29.8 Å². The maximum Gasteiger partial charge on any atom is 0.434 e. The molecule has 23 heavy (non-hydrogen) atoms. The van der Waals surface area contributed by atoms with Crippen molar-refractivity contribution in [2.75, 3.05) is 25.5 Å². The van der Waals surface area contributed by atoms with E-state index in [2.05, 4.69) is 20.1 Å². The number of amides is 2. The number of hydrazine groups is 1. The molecule has 0 atom stereocenters. The molecule has 122 valence electrons. The van der Waals surface area contributed by atoms with Crippen LogP contribution < -0.4 is 10.4 Å². The van der Waals surface area contributed by atoms with Gasteiger partial charge in [0.1, 0.15) is 0 Å². The average Bonchev–Trinajstić information content (AvgIpc) is 3.03. The third-order valence-corrected chi connectivity index (χ3v) is 3.46. The number of rotatable bonds is 3. The molecule has 0 aliphatic heterocycles. The van der Waals surface area contributed by atoms with E-state index in [-0.39, 0.29) is 5.82 Å².